The minimum Gasteiger partial charge on any atom is -0.497 e. The Kier molecular flexibility index (Phi) is 2.87. The van der Waals surface area contributed by atoms with Crippen molar-refractivity contribution in [3.63, 3.8) is 0 Å². The molecule has 0 fully saturated rings. The van der Waals surface area contributed by atoms with E-state index < -0.39 is 7.12 Å². The third-order valence-corrected chi connectivity index (χ3v) is 2.55. The van der Waals surface area contributed by atoms with Crippen LogP contribution in [0, 0.1) is 0 Å². The lowest BCUT2D eigenvalue weighted by Crippen LogP contribution is -2.32. The normalized spacial score (nSPS) is 10.6. The molecule has 0 aliphatic carbocycles. The van der Waals surface area contributed by atoms with Crippen molar-refractivity contribution in [2.75, 3.05) is 7.11 Å². The molecule has 88 valence electrons. The van der Waals surface area contributed by atoms with Crippen LogP contribution in [0.1, 0.15) is 0 Å². The van der Waals surface area contributed by atoms with Gasteiger partial charge in [0.2, 0.25) is 0 Å². The van der Waals surface area contributed by atoms with Gasteiger partial charge in [-0.25, -0.2) is 4.98 Å². The summed E-state index contributed by atoms with van der Waals surface area (Å²) >= 11 is 0. The summed E-state index contributed by atoms with van der Waals surface area (Å²) in [6, 6.07) is 2.89. The van der Waals surface area contributed by atoms with Crippen LogP contribution in [0.3, 0.4) is 0 Å². The van der Waals surface area contributed by atoms with Crippen LogP contribution in [0.15, 0.2) is 23.3 Å². The number of nitrogens with zero attached hydrogens (tertiary/aromatic N) is 2. The first-order valence-electron chi connectivity index (χ1n) is 4.94. The lowest BCUT2D eigenvalue weighted by Gasteiger charge is -2.09. The molecule has 2 N–H and O–H groups in total. The summed E-state index contributed by atoms with van der Waals surface area (Å²) in [7, 11) is 1.29. The maximum absolute atomic E-state index is 11.8. The molecule has 0 unspecified atom stereocenters. The number of rotatable bonds is 2. The minimum atomic E-state index is -1.70. The van der Waals surface area contributed by atoms with Crippen LogP contribution in [0.4, 0.5) is 0 Å². The summed E-state index contributed by atoms with van der Waals surface area (Å²) < 4.78 is 6.34. The van der Waals surface area contributed by atoms with Gasteiger partial charge in [-0.1, -0.05) is 0 Å². The zero-order valence-electron chi connectivity index (χ0n) is 9.41. The van der Waals surface area contributed by atoms with Crippen LogP contribution >= 0.6 is 0 Å². The van der Waals surface area contributed by atoms with Crippen molar-refractivity contribution in [2.45, 2.75) is 0 Å². The van der Waals surface area contributed by atoms with Crippen LogP contribution in [0.5, 0.6) is 5.75 Å². The van der Waals surface area contributed by atoms with E-state index in [1.54, 1.807) is 7.05 Å². The molecule has 0 saturated carbocycles. The molecule has 0 atom stereocenters. The first-order chi connectivity index (χ1) is 8.04. The molecule has 0 aliphatic heterocycles. The van der Waals surface area contributed by atoms with Gasteiger partial charge < -0.3 is 19.4 Å². The number of aromatic nitrogens is 2. The molecule has 2 aromatic rings. The molecule has 17 heavy (non-hydrogen) atoms. The third kappa shape index (κ3) is 1.90. The number of aryl methyl sites for hydroxylation is 1. The maximum atomic E-state index is 11.8. The third-order valence-electron chi connectivity index (χ3n) is 2.55. The average Bonchev–Trinajstić information content (AvgIpc) is 2.32. The summed E-state index contributed by atoms with van der Waals surface area (Å²) in [5.74, 6) is 0.285. The molecule has 0 spiro atoms. The second kappa shape index (κ2) is 4.19. The number of ether oxygens (including phenoxy) is 1. The van der Waals surface area contributed by atoms with Crippen molar-refractivity contribution < 1.29 is 14.8 Å². The van der Waals surface area contributed by atoms with Crippen LogP contribution in [-0.2, 0) is 7.05 Å². The van der Waals surface area contributed by atoms with Gasteiger partial charge in [-0.15, -0.1) is 0 Å². The highest BCUT2D eigenvalue weighted by atomic mass is 16.5. The zero-order valence-corrected chi connectivity index (χ0v) is 9.41. The minimum absolute atomic E-state index is 0.144. The summed E-state index contributed by atoms with van der Waals surface area (Å²) in [5, 5.41) is 18.7. The van der Waals surface area contributed by atoms with Crippen molar-refractivity contribution in [2.24, 2.45) is 7.05 Å². The van der Waals surface area contributed by atoms with E-state index in [1.807, 2.05) is 0 Å². The van der Waals surface area contributed by atoms with Gasteiger partial charge in [-0.2, -0.15) is 0 Å². The van der Waals surface area contributed by atoms with E-state index in [4.69, 9.17) is 4.74 Å². The molecule has 6 nitrogen and oxygen atoms in total. The Bertz CT molecular complexity index is 623. The van der Waals surface area contributed by atoms with Crippen LogP contribution in [-0.4, -0.2) is 33.8 Å². The van der Waals surface area contributed by atoms with E-state index in [1.165, 1.54) is 30.1 Å². The molecule has 2 rings (SSSR count). The number of hydrogen-bond acceptors (Lipinski definition) is 5. The lowest BCUT2D eigenvalue weighted by atomic mass is 9.79. The van der Waals surface area contributed by atoms with Crippen molar-refractivity contribution >= 4 is 23.5 Å². The van der Waals surface area contributed by atoms with E-state index in [-0.39, 0.29) is 16.8 Å². The highest BCUT2D eigenvalue weighted by molar-refractivity contribution is 6.60. The van der Waals surface area contributed by atoms with Crippen molar-refractivity contribution in [1.82, 2.24) is 9.55 Å². The van der Waals surface area contributed by atoms with E-state index in [0.717, 1.165) is 0 Å². The highest BCUT2D eigenvalue weighted by Crippen LogP contribution is 2.14. The smallest absolute Gasteiger partial charge is 0.492 e. The molecule has 1 heterocycles. The topological polar surface area (TPSA) is 84.6 Å². The molecular formula is C10H11BN2O4. The highest BCUT2D eigenvalue weighted by Gasteiger charge is 2.19. The molecule has 0 amide bonds. The van der Waals surface area contributed by atoms with Gasteiger partial charge in [0, 0.05) is 18.6 Å². The fourth-order valence-electron chi connectivity index (χ4n) is 1.63. The lowest BCUT2D eigenvalue weighted by molar-refractivity contribution is 0.403. The number of fused-ring (bicyclic) bond motifs is 1. The predicted molar refractivity (Wildman–Crippen MR) is 63.4 cm³/mol. The van der Waals surface area contributed by atoms with E-state index in [9.17, 15) is 14.8 Å². The van der Waals surface area contributed by atoms with Gasteiger partial charge in [0.15, 0.2) is 0 Å². The van der Waals surface area contributed by atoms with Gasteiger partial charge in [0.25, 0.3) is 5.56 Å². The standard InChI is InChI=1S/C10H11BN2O4/c1-13-5-12-8-4-9(17-2)7(11(15)16)3-6(8)10(13)14/h3-5,15-16H,1-2H3. The SMILES string of the molecule is COc1cc2ncn(C)c(=O)c2cc1B(O)O. The van der Waals surface area contributed by atoms with E-state index >= 15 is 0 Å². The Labute approximate surface area is 97.2 Å². The Morgan fingerprint density at radius 1 is 1.41 bits per heavy atom. The van der Waals surface area contributed by atoms with E-state index in [2.05, 4.69) is 4.98 Å². The Morgan fingerprint density at radius 3 is 2.71 bits per heavy atom. The number of hydrogen-bond donors (Lipinski definition) is 2. The fraction of sp³-hybridized carbons (Fsp3) is 0.200. The Morgan fingerprint density at radius 2 is 2.12 bits per heavy atom. The summed E-state index contributed by atoms with van der Waals surface area (Å²) in [6.07, 6.45) is 1.40. The van der Waals surface area contributed by atoms with Gasteiger partial charge in [-0.3, -0.25) is 4.79 Å². The number of benzene rings is 1. The molecule has 0 radical (unpaired) electrons. The summed E-state index contributed by atoms with van der Waals surface area (Å²) in [4.78, 5) is 15.9. The summed E-state index contributed by atoms with van der Waals surface area (Å²) in [6.45, 7) is 0. The number of methoxy groups -OCH3 is 1. The van der Waals surface area contributed by atoms with Crippen LogP contribution in [0.2, 0.25) is 0 Å². The fourth-order valence-corrected chi connectivity index (χ4v) is 1.63. The Hall–Kier alpha value is -1.86. The molecule has 0 aliphatic rings. The zero-order chi connectivity index (χ0) is 12.6. The van der Waals surface area contributed by atoms with Gasteiger partial charge in [-0.05, 0) is 6.07 Å². The molecule has 1 aromatic carbocycles. The largest absolute Gasteiger partial charge is 0.497 e. The van der Waals surface area contributed by atoms with Crippen LogP contribution < -0.4 is 15.8 Å². The first kappa shape index (κ1) is 11.6. The molecule has 0 bridgehead atoms. The second-order valence-corrected chi connectivity index (χ2v) is 3.65. The van der Waals surface area contributed by atoms with Gasteiger partial charge in [0.05, 0.1) is 24.3 Å². The molecule has 1 aromatic heterocycles. The van der Waals surface area contributed by atoms with Crippen molar-refractivity contribution in [3.8, 4) is 5.75 Å². The predicted octanol–water partition coefficient (Wildman–Crippen LogP) is -1.38. The van der Waals surface area contributed by atoms with Gasteiger partial charge >= 0.3 is 7.12 Å². The maximum Gasteiger partial charge on any atom is 0.492 e. The van der Waals surface area contributed by atoms with Crippen molar-refractivity contribution in [3.05, 3.63) is 28.8 Å². The van der Waals surface area contributed by atoms with E-state index in [0.29, 0.717) is 10.9 Å². The molecule has 0 saturated heterocycles. The molecule has 7 heteroatoms. The molecular weight excluding hydrogens is 223 g/mol. The van der Waals surface area contributed by atoms with Crippen LogP contribution in [0.25, 0.3) is 10.9 Å². The average molecular weight is 234 g/mol. The van der Waals surface area contributed by atoms with Crippen molar-refractivity contribution in [1.29, 1.82) is 0 Å². The first-order valence-corrected chi connectivity index (χ1v) is 4.94. The Balaban J connectivity index is 2.84. The summed E-state index contributed by atoms with van der Waals surface area (Å²) in [5.41, 5.74) is 0.346. The van der Waals surface area contributed by atoms with Gasteiger partial charge in [0.1, 0.15) is 5.75 Å². The monoisotopic (exact) mass is 234 g/mol. The second-order valence-electron chi connectivity index (χ2n) is 3.65. The quantitative estimate of drug-likeness (QED) is 0.625.